The summed E-state index contributed by atoms with van der Waals surface area (Å²) in [5.74, 6) is 1.20. The number of hydrogen-bond acceptors (Lipinski definition) is 8. The lowest BCUT2D eigenvalue weighted by atomic mass is 10.0. The molecule has 0 saturated carbocycles. The number of ether oxygens (including phenoxy) is 1. The Balaban J connectivity index is 1.34. The number of nitrogens with two attached hydrogens (primary N) is 1. The van der Waals surface area contributed by atoms with E-state index in [9.17, 15) is 9.59 Å². The summed E-state index contributed by atoms with van der Waals surface area (Å²) in [4.78, 5) is 30.4. The summed E-state index contributed by atoms with van der Waals surface area (Å²) in [6.45, 7) is 4.43. The van der Waals surface area contributed by atoms with Gasteiger partial charge in [0.2, 0.25) is 17.5 Å². The fourth-order valence-corrected chi connectivity index (χ4v) is 4.62. The van der Waals surface area contributed by atoms with Crippen molar-refractivity contribution in [1.29, 1.82) is 0 Å². The van der Waals surface area contributed by atoms with Crippen LogP contribution in [0.15, 0.2) is 57.5 Å². The molecule has 0 radical (unpaired) electrons. The first-order valence-electron chi connectivity index (χ1n) is 13.3. The van der Waals surface area contributed by atoms with Crippen molar-refractivity contribution in [3.05, 3.63) is 98.5 Å². The Morgan fingerprint density at radius 2 is 1.78 bits per heavy atom. The van der Waals surface area contributed by atoms with Crippen molar-refractivity contribution >= 4 is 34.9 Å². The third-order valence-corrected chi connectivity index (χ3v) is 7.20. The minimum Gasteiger partial charge on any atom is -0.493 e. The number of unbranched alkanes of at least 4 members (excludes halogenated alkanes) is 1. The first kappa shape index (κ1) is 30.3. The van der Waals surface area contributed by atoms with Gasteiger partial charge in [-0.1, -0.05) is 46.6 Å². The molecule has 2 aromatic carbocycles. The number of carbonyl (C=O) groups excluding carboxylic acids is 2. The number of nitrogens with one attached hydrogen (secondary N) is 1. The highest BCUT2D eigenvalue weighted by Gasteiger charge is 2.27. The highest BCUT2D eigenvalue weighted by Crippen LogP contribution is 2.23. The maximum Gasteiger partial charge on any atom is 0.255 e. The largest absolute Gasteiger partial charge is 0.493 e. The Hall–Kier alpha value is -3.66. The van der Waals surface area contributed by atoms with Crippen LogP contribution >= 0.6 is 23.2 Å². The van der Waals surface area contributed by atoms with Gasteiger partial charge < -0.3 is 24.7 Å². The fraction of sp³-hybridized carbons (Fsp3) is 0.333. The normalized spacial score (nSPS) is 11.8. The number of Topliss-reactive ketones (excluding diaryl/α,β-unsaturated/α-hetero) is 1. The van der Waals surface area contributed by atoms with Gasteiger partial charge in [0.05, 0.1) is 34.7 Å². The predicted molar refractivity (Wildman–Crippen MR) is 156 cm³/mol. The zero-order chi connectivity index (χ0) is 29.4. The zero-order valence-electron chi connectivity index (χ0n) is 22.9. The van der Waals surface area contributed by atoms with Gasteiger partial charge in [-0.2, -0.15) is 4.98 Å². The van der Waals surface area contributed by atoms with Crippen LogP contribution in [0.2, 0.25) is 10.0 Å². The summed E-state index contributed by atoms with van der Waals surface area (Å²) in [6, 6.07) is 13.8. The Labute approximate surface area is 248 Å². The van der Waals surface area contributed by atoms with Gasteiger partial charge in [-0.3, -0.25) is 9.59 Å². The summed E-state index contributed by atoms with van der Waals surface area (Å²) in [5, 5.41) is 7.74. The molecule has 1 atom stereocenters. The topological polar surface area (TPSA) is 133 Å². The monoisotopic (exact) mass is 598 g/mol. The van der Waals surface area contributed by atoms with Crippen molar-refractivity contribution in [2.45, 2.75) is 52.0 Å². The van der Waals surface area contributed by atoms with Crippen molar-refractivity contribution in [1.82, 2.24) is 15.5 Å². The Bertz CT molecular complexity index is 1480. The number of aromatic nitrogens is 2. The zero-order valence-corrected chi connectivity index (χ0v) is 24.4. The molecule has 0 spiro atoms. The molecule has 0 aliphatic heterocycles. The predicted octanol–water partition coefficient (Wildman–Crippen LogP) is 5.91. The summed E-state index contributed by atoms with van der Waals surface area (Å²) in [7, 11) is 0. The van der Waals surface area contributed by atoms with E-state index in [0.717, 1.165) is 17.5 Å². The molecule has 11 heteroatoms. The van der Waals surface area contributed by atoms with Crippen LogP contribution in [0.4, 0.5) is 0 Å². The number of benzene rings is 2. The van der Waals surface area contributed by atoms with Crippen molar-refractivity contribution in [2.75, 3.05) is 13.2 Å². The maximum absolute atomic E-state index is 13.3. The van der Waals surface area contributed by atoms with E-state index in [4.69, 9.17) is 42.6 Å². The summed E-state index contributed by atoms with van der Waals surface area (Å²) < 4.78 is 16.7. The van der Waals surface area contributed by atoms with E-state index in [2.05, 4.69) is 15.5 Å². The van der Waals surface area contributed by atoms with Crippen LogP contribution in [0.25, 0.3) is 0 Å². The Morgan fingerprint density at radius 3 is 2.46 bits per heavy atom. The van der Waals surface area contributed by atoms with Crippen molar-refractivity contribution in [3.8, 4) is 5.75 Å². The highest BCUT2D eigenvalue weighted by molar-refractivity contribution is 6.42. The van der Waals surface area contributed by atoms with Gasteiger partial charge in [-0.15, -0.1) is 0 Å². The minimum absolute atomic E-state index is 0.0830. The van der Waals surface area contributed by atoms with Gasteiger partial charge >= 0.3 is 0 Å². The first-order valence-corrected chi connectivity index (χ1v) is 14.1. The average molecular weight is 600 g/mol. The van der Waals surface area contributed by atoms with E-state index in [1.54, 1.807) is 26.0 Å². The molecule has 0 fully saturated rings. The van der Waals surface area contributed by atoms with Crippen LogP contribution in [0.1, 0.15) is 68.8 Å². The van der Waals surface area contributed by atoms with Gasteiger partial charge in [0, 0.05) is 6.42 Å². The lowest BCUT2D eigenvalue weighted by molar-refractivity contribution is 0.0842. The molecule has 1 amide bonds. The number of nitrogens with zero attached hydrogens (tertiary/aromatic N) is 2. The Morgan fingerprint density at radius 1 is 1.02 bits per heavy atom. The van der Waals surface area contributed by atoms with E-state index in [1.807, 2.05) is 36.4 Å². The molecule has 0 aliphatic rings. The van der Waals surface area contributed by atoms with Crippen LogP contribution in [0.5, 0.6) is 5.75 Å². The summed E-state index contributed by atoms with van der Waals surface area (Å²) >= 11 is 12.0. The second-order valence-electron chi connectivity index (χ2n) is 9.68. The van der Waals surface area contributed by atoms with Crippen molar-refractivity contribution in [2.24, 2.45) is 5.73 Å². The molecule has 9 nitrogen and oxygen atoms in total. The number of rotatable bonds is 14. The number of aryl methyl sites for hydroxylation is 2. The summed E-state index contributed by atoms with van der Waals surface area (Å²) in [6.07, 6.45) is 2.79. The molecule has 1 unspecified atom stereocenters. The lowest BCUT2D eigenvalue weighted by Gasteiger charge is -2.15. The smallest absolute Gasteiger partial charge is 0.255 e. The fourth-order valence-electron chi connectivity index (χ4n) is 4.30. The van der Waals surface area contributed by atoms with Crippen LogP contribution < -0.4 is 15.8 Å². The quantitative estimate of drug-likeness (QED) is 0.135. The molecule has 0 bridgehead atoms. The van der Waals surface area contributed by atoms with Crippen LogP contribution in [0, 0.1) is 13.8 Å². The number of hydrogen-bond donors (Lipinski definition) is 2. The van der Waals surface area contributed by atoms with E-state index in [1.165, 1.54) is 0 Å². The number of halogens is 2. The van der Waals surface area contributed by atoms with Crippen molar-refractivity contribution in [3.63, 3.8) is 0 Å². The molecule has 0 aliphatic carbocycles. The molecular formula is C30H32Cl2N4O5. The second-order valence-corrected chi connectivity index (χ2v) is 10.5. The molecule has 2 aromatic heterocycles. The molecule has 41 heavy (non-hydrogen) atoms. The number of furan rings is 1. The number of carbonyl (C=O) groups is 2. The second kappa shape index (κ2) is 14.3. The molecule has 4 rings (SSSR count). The lowest BCUT2D eigenvalue weighted by Crippen LogP contribution is -2.41. The summed E-state index contributed by atoms with van der Waals surface area (Å²) in [5.41, 5.74) is 7.94. The molecular weight excluding hydrogens is 567 g/mol. The van der Waals surface area contributed by atoms with Gasteiger partial charge in [0.15, 0.2) is 0 Å². The van der Waals surface area contributed by atoms with E-state index in [0.29, 0.717) is 71.7 Å². The van der Waals surface area contributed by atoms with Crippen molar-refractivity contribution < 1.29 is 23.3 Å². The van der Waals surface area contributed by atoms with Gasteiger partial charge in [0.25, 0.3) is 5.91 Å². The van der Waals surface area contributed by atoms with Crippen LogP contribution in [0.3, 0.4) is 0 Å². The average Bonchev–Trinajstić information content (AvgIpc) is 3.56. The van der Waals surface area contributed by atoms with Crippen LogP contribution in [-0.4, -0.2) is 41.0 Å². The molecule has 216 valence electrons. The maximum atomic E-state index is 13.3. The Kier molecular flexibility index (Phi) is 10.6. The number of amides is 1. The highest BCUT2D eigenvalue weighted by atomic mass is 35.5. The van der Waals surface area contributed by atoms with Gasteiger partial charge in [0.1, 0.15) is 17.3 Å². The molecule has 4 aromatic rings. The van der Waals surface area contributed by atoms with Gasteiger partial charge in [-0.25, -0.2) is 0 Å². The molecule has 2 heterocycles. The minimum atomic E-state index is -0.825. The first-order chi connectivity index (χ1) is 19.7. The SMILES string of the molecule is Cc1cc(C(=O)NC(CCCCN)C(=O)c2noc(Cc3ccc(OCCc4ccc(Cl)c(Cl)c4)cc3)n2)c(C)o1. The standard InChI is InChI=1S/C30H32Cl2N4O5/c1-18-15-23(19(2)40-18)30(38)34-26(5-3-4-13-33)28(37)29-35-27(41-36-29)17-20-6-9-22(10-7-20)39-14-12-21-8-11-24(31)25(32)16-21/h6-11,15-16,26H,3-5,12-14,17,33H2,1-2H3,(H,34,38). The third-order valence-electron chi connectivity index (χ3n) is 6.46. The van der Waals surface area contributed by atoms with E-state index < -0.39 is 17.7 Å². The molecule has 3 N–H and O–H groups in total. The van der Waals surface area contributed by atoms with Crippen LogP contribution in [-0.2, 0) is 12.8 Å². The third kappa shape index (κ3) is 8.42. The van der Waals surface area contributed by atoms with E-state index in [-0.39, 0.29) is 11.7 Å². The van der Waals surface area contributed by atoms with E-state index >= 15 is 0 Å². The number of ketones is 1. The van der Waals surface area contributed by atoms with Gasteiger partial charge in [-0.05, 0) is 81.1 Å². The molecule has 0 saturated heterocycles.